The Morgan fingerprint density at radius 3 is 2.73 bits per heavy atom. The number of ether oxygens (including phenoxy) is 1. The summed E-state index contributed by atoms with van der Waals surface area (Å²) in [4.78, 5) is 11.5. The second-order valence-electron chi connectivity index (χ2n) is 3.45. The quantitative estimate of drug-likeness (QED) is 0.604. The van der Waals surface area contributed by atoms with Crippen LogP contribution in [0.3, 0.4) is 0 Å². The summed E-state index contributed by atoms with van der Waals surface area (Å²) >= 11 is 1.66. The SMILES string of the molecule is COCCNC(=O)C(C)SC(C)CCN. The number of hydrogen-bond acceptors (Lipinski definition) is 4. The van der Waals surface area contributed by atoms with Crippen molar-refractivity contribution in [3.8, 4) is 0 Å². The van der Waals surface area contributed by atoms with E-state index >= 15 is 0 Å². The highest BCUT2D eigenvalue weighted by Crippen LogP contribution is 2.19. The van der Waals surface area contributed by atoms with E-state index in [0.717, 1.165) is 6.42 Å². The number of nitrogens with two attached hydrogens (primary N) is 1. The van der Waals surface area contributed by atoms with Gasteiger partial charge in [-0.3, -0.25) is 4.79 Å². The molecule has 0 fully saturated rings. The molecule has 0 rings (SSSR count). The van der Waals surface area contributed by atoms with Gasteiger partial charge in [-0.25, -0.2) is 0 Å². The lowest BCUT2D eigenvalue weighted by atomic mass is 10.3. The molecule has 0 heterocycles. The van der Waals surface area contributed by atoms with E-state index in [1.807, 2.05) is 6.92 Å². The summed E-state index contributed by atoms with van der Waals surface area (Å²) in [6, 6.07) is 0. The number of rotatable bonds is 8. The van der Waals surface area contributed by atoms with Crippen molar-refractivity contribution in [2.24, 2.45) is 5.73 Å². The Morgan fingerprint density at radius 1 is 1.53 bits per heavy atom. The Hall–Kier alpha value is -0.260. The Balaban J connectivity index is 3.68. The van der Waals surface area contributed by atoms with E-state index in [1.54, 1.807) is 18.9 Å². The Kier molecular flexibility index (Phi) is 8.85. The first-order valence-corrected chi connectivity index (χ1v) is 6.18. The Bertz CT molecular complexity index is 179. The molecule has 5 heteroatoms. The normalized spacial score (nSPS) is 14.7. The van der Waals surface area contributed by atoms with E-state index in [9.17, 15) is 4.79 Å². The lowest BCUT2D eigenvalue weighted by Gasteiger charge is -2.16. The molecule has 0 radical (unpaired) electrons. The van der Waals surface area contributed by atoms with E-state index in [2.05, 4.69) is 12.2 Å². The zero-order chi connectivity index (χ0) is 11.7. The van der Waals surface area contributed by atoms with Gasteiger partial charge in [-0.15, -0.1) is 11.8 Å². The molecule has 0 aromatic rings. The van der Waals surface area contributed by atoms with Crippen LogP contribution in [0, 0.1) is 0 Å². The van der Waals surface area contributed by atoms with E-state index < -0.39 is 0 Å². The van der Waals surface area contributed by atoms with Crippen LogP contribution in [-0.2, 0) is 9.53 Å². The topological polar surface area (TPSA) is 64.3 Å². The van der Waals surface area contributed by atoms with Crippen molar-refractivity contribution in [3.63, 3.8) is 0 Å². The minimum absolute atomic E-state index is 0.0246. The van der Waals surface area contributed by atoms with Gasteiger partial charge in [0.05, 0.1) is 11.9 Å². The summed E-state index contributed by atoms with van der Waals surface area (Å²) < 4.78 is 4.85. The van der Waals surface area contributed by atoms with Gasteiger partial charge >= 0.3 is 0 Å². The van der Waals surface area contributed by atoms with Crippen LogP contribution in [0.25, 0.3) is 0 Å². The lowest BCUT2D eigenvalue weighted by molar-refractivity contribution is -0.120. The molecule has 0 saturated carbocycles. The standard InChI is InChI=1S/C10H22N2O2S/c1-8(4-5-11)15-9(2)10(13)12-6-7-14-3/h8-9H,4-7,11H2,1-3H3,(H,12,13). The van der Waals surface area contributed by atoms with Gasteiger partial charge < -0.3 is 15.8 Å². The van der Waals surface area contributed by atoms with Crippen molar-refractivity contribution in [2.45, 2.75) is 30.8 Å². The fourth-order valence-electron chi connectivity index (χ4n) is 1.13. The second-order valence-corrected chi connectivity index (χ2v) is 5.23. The average Bonchev–Trinajstić information content (AvgIpc) is 2.18. The first-order valence-electron chi connectivity index (χ1n) is 5.24. The molecule has 2 atom stereocenters. The minimum Gasteiger partial charge on any atom is -0.383 e. The molecular weight excluding hydrogens is 212 g/mol. The van der Waals surface area contributed by atoms with E-state index in [1.165, 1.54) is 0 Å². The predicted octanol–water partition coefficient (Wildman–Crippen LogP) is 0.608. The third-order valence-corrected chi connectivity index (χ3v) is 3.31. The van der Waals surface area contributed by atoms with Crippen molar-refractivity contribution < 1.29 is 9.53 Å². The van der Waals surface area contributed by atoms with Gasteiger partial charge in [0.2, 0.25) is 5.91 Å². The third-order valence-electron chi connectivity index (χ3n) is 1.98. The monoisotopic (exact) mass is 234 g/mol. The smallest absolute Gasteiger partial charge is 0.232 e. The number of carbonyl (C=O) groups is 1. The van der Waals surface area contributed by atoms with E-state index in [4.69, 9.17) is 10.5 Å². The molecule has 0 spiro atoms. The first-order chi connectivity index (χ1) is 7.11. The van der Waals surface area contributed by atoms with Crippen LogP contribution in [-0.4, -0.2) is 43.2 Å². The number of methoxy groups -OCH3 is 1. The molecule has 0 aliphatic carbocycles. The van der Waals surface area contributed by atoms with Crippen LogP contribution in [0.2, 0.25) is 0 Å². The van der Waals surface area contributed by atoms with Gasteiger partial charge in [-0.1, -0.05) is 6.92 Å². The Morgan fingerprint density at radius 2 is 2.20 bits per heavy atom. The number of amides is 1. The maximum absolute atomic E-state index is 11.5. The molecule has 0 saturated heterocycles. The first kappa shape index (κ1) is 14.7. The number of thioether (sulfide) groups is 1. The molecule has 3 N–H and O–H groups in total. The highest BCUT2D eigenvalue weighted by Gasteiger charge is 2.15. The highest BCUT2D eigenvalue weighted by atomic mass is 32.2. The summed E-state index contributed by atoms with van der Waals surface area (Å²) in [5.74, 6) is 0.0703. The highest BCUT2D eigenvalue weighted by molar-refractivity contribution is 8.01. The van der Waals surface area contributed by atoms with Crippen molar-refractivity contribution >= 4 is 17.7 Å². The van der Waals surface area contributed by atoms with Crippen LogP contribution < -0.4 is 11.1 Å². The van der Waals surface area contributed by atoms with Crippen molar-refractivity contribution in [2.75, 3.05) is 26.8 Å². The van der Waals surface area contributed by atoms with E-state index in [0.29, 0.717) is 24.9 Å². The van der Waals surface area contributed by atoms with Crippen LogP contribution >= 0.6 is 11.8 Å². The molecule has 4 nitrogen and oxygen atoms in total. The summed E-state index contributed by atoms with van der Waals surface area (Å²) in [5.41, 5.74) is 5.45. The molecule has 0 aromatic carbocycles. The fraction of sp³-hybridized carbons (Fsp3) is 0.900. The molecular formula is C10H22N2O2S. The average molecular weight is 234 g/mol. The fourth-order valence-corrected chi connectivity index (χ4v) is 2.31. The number of nitrogens with one attached hydrogen (secondary N) is 1. The van der Waals surface area contributed by atoms with Crippen LogP contribution in [0.1, 0.15) is 20.3 Å². The molecule has 15 heavy (non-hydrogen) atoms. The molecule has 0 bridgehead atoms. The molecule has 90 valence electrons. The van der Waals surface area contributed by atoms with Gasteiger partial charge in [0.25, 0.3) is 0 Å². The predicted molar refractivity (Wildman–Crippen MR) is 65.1 cm³/mol. The van der Waals surface area contributed by atoms with Crippen LogP contribution in [0.15, 0.2) is 0 Å². The minimum atomic E-state index is -0.0246. The van der Waals surface area contributed by atoms with Gasteiger partial charge in [-0.05, 0) is 19.9 Å². The van der Waals surface area contributed by atoms with Gasteiger partial charge in [0, 0.05) is 18.9 Å². The molecule has 0 aliphatic rings. The largest absolute Gasteiger partial charge is 0.383 e. The summed E-state index contributed by atoms with van der Waals surface area (Å²) in [6.07, 6.45) is 0.945. The van der Waals surface area contributed by atoms with Gasteiger partial charge in [0.1, 0.15) is 0 Å². The molecule has 0 aliphatic heterocycles. The van der Waals surface area contributed by atoms with Gasteiger partial charge in [-0.2, -0.15) is 0 Å². The maximum atomic E-state index is 11.5. The summed E-state index contributed by atoms with van der Waals surface area (Å²) in [5, 5.41) is 3.22. The number of carbonyl (C=O) groups excluding carboxylic acids is 1. The molecule has 1 amide bonds. The van der Waals surface area contributed by atoms with Crippen molar-refractivity contribution in [1.82, 2.24) is 5.32 Å². The van der Waals surface area contributed by atoms with Gasteiger partial charge in [0.15, 0.2) is 0 Å². The van der Waals surface area contributed by atoms with Crippen LogP contribution in [0.4, 0.5) is 0 Å². The lowest BCUT2D eigenvalue weighted by Crippen LogP contribution is -2.34. The van der Waals surface area contributed by atoms with Crippen molar-refractivity contribution in [3.05, 3.63) is 0 Å². The van der Waals surface area contributed by atoms with E-state index in [-0.39, 0.29) is 11.2 Å². The summed E-state index contributed by atoms with van der Waals surface area (Å²) in [7, 11) is 1.62. The second kappa shape index (κ2) is 9.00. The van der Waals surface area contributed by atoms with Crippen LogP contribution in [0.5, 0.6) is 0 Å². The number of hydrogen-bond donors (Lipinski definition) is 2. The maximum Gasteiger partial charge on any atom is 0.232 e. The zero-order valence-electron chi connectivity index (χ0n) is 9.79. The molecule has 2 unspecified atom stereocenters. The van der Waals surface area contributed by atoms with Crippen molar-refractivity contribution in [1.29, 1.82) is 0 Å². The molecule has 0 aromatic heterocycles. The zero-order valence-corrected chi connectivity index (χ0v) is 10.6. The third kappa shape index (κ3) is 7.64. The Labute approximate surface area is 96.3 Å². The summed E-state index contributed by atoms with van der Waals surface area (Å²) in [6.45, 7) is 5.81.